The molecule has 6 heteroatoms. The van der Waals surface area contributed by atoms with Crippen LogP contribution in [0.4, 0.5) is 0 Å². The van der Waals surface area contributed by atoms with Gasteiger partial charge in [0, 0.05) is 37.8 Å². The van der Waals surface area contributed by atoms with Gasteiger partial charge < -0.3 is 10.2 Å². The summed E-state index contributed by atoms with van der Waals surface area (Å²) in [4.78, 5) is 8.49. The number of hydrogen-bond acceptors (Lipinski definition) is 5. The zero-order valence-corrected chi connectivity index (χ0v) is 21.9. The Kier molecular flexibility index (Phi) is 6.11. The van der Waals surface area contributed by atoms with Gasteiger partial charge in [-0.05, 0) is 79.0 Å². The standard InChI is InChI=1S/C29H35N5S/c1-4-20-12-21-14-22(27-18-34-29(31-27)35-28(5-2)32-34)15-26(21)23(13-20)16-30-24-10-11-33(17-24)25-8-6-19(3)7-9-25/h6,8,12-13,15,18,24,30H,4-5,7,9-11,14,16-17H2,1-3H3/t24-/m1/s1. The number of rotatable bonds is 7. The fraction of sp³-hybridized carbons (Fsp3) is 0.448. The normalized spacial score (nSPS) is 19.8. The number of benzene rings is 1. The minimum Gasteiger partial charge on any atom is -0.373 e. The smallest absolute Gasteiger partial charge is 0.212 e. The van der Waals surface area contributed by atoms with Crippen molar-refractivity contribution in [3.63, 3.8) is 0 Å². The lowest BCUT2D eigenvalue weighted by atomic mass is 9.98. The Morgan fingerprint density at radius 3 is 2.83 bits per heavy atom. The number of hydrogen-bond donors (Lipinski definition) is 1. The summed E-state index contributed by atoms with van der Waals surface area (Å²) in [5, 5.41) is 9.70. The van der Waals surface area contributed by atoms with Crippen LogP contribution in [0.5, 0.6) is 0 Å². The molecular weight excluding hydrogens is 450 g/mol. The highest BCUT2D eigenvalue weighted by Crippen LogP contribution is 2.35. The molecule has 2 aromatic heterocycles. The van der Waals surface area contributed by atoms with Crippen LogP contribution < -0.4 is 5.32 Å². The first-order chi connectivity index (χ1) is 17.1. The van der Waals surface area contributed by atoms with E-state index >= 15 is 0 Å². The van der Waals surface area contributed by atoms with Crippen molar-refractivity contribution in [2.45, 2.75) is 71.9 Å². The number of nitrogens with one attached hydrogen (secondary N) is 1. The van der Waals surface area contributed by atoms with Crippen molar-refractivity contribution in [3.05, 3.63) is 74.7 Å². The molecular formula is C29H35N5S. The van der Waals surface area contributed by atoms with Gasteiger partial charge in [0.25, 0.3) is 0 Å². The van der Waals surface area contributed by atoms with E-state index in [-0.39, 0.29) is 0 Å². The van der Waals surface area contributed by atoms with E-state index in [1.807, 2.05) is 4.52 Å². The summed E-state index contributed by atoms with van der Waals surface area (Å²) in [6.07, 6.45) is 15.7. The number of aryl methyl sites for hydroxylation is 2. The number of allylic oxidation sites excluding steroid dienone is 5. The minimum atomic E-state index is 0.549. The number of likely N-dealkylation sites (tertiary alicyclic amines) is 1. The maximum absolute atomic E-state index is 4.91. The van der Waals surface area contributed by atoms with Gasteiger partial charge in [-0.25, -0.2) is 9.50 Å². The van der Waals surface area contributed by atoms with E-state index < -0.39 is 0 Å². The molecule has 1 fully saturated rings. The molecule has 3 aliphatic rings. The second-order valence-electron chi connectivity index (χ2n) is 10.2. The Bertz CT molecular complexity index is 1320. The Labute approximate surface area is 212 Å². The summed E-state index contributed by atoms with van der Waals surface area (Å²) < 4.78 is 1.95. The van der Waals surface area contributed by atoms with Crippen LogP contribution in [-0.4, -0.2) is 38.6 Å². The monoisotopic (exact) mass is 485 g/mol. The van der Waals surface area contributed by atoms with Gasteiger partial charge in [-0.3, -0.25) is 0 Å². The van der Waals surface area contributed by atoms with Crippen LogP contribution in [0.2, 0.25) is 0 Å². The van der Waals surface area contributed by atoms with E-state index in [1.54, 1.807) is 11.3 Å². The van der Waals surface area contributed by atoms with Crippen LogP contribution in [-0.2, 0) is 25.8 Å². The summed E-state index contributed by atoms with van der Waals surface area (Å²) in [5.74, 6) is 0. The topological polar surface area (TPSA) is 45.5 Å². The minimum absolute atomic E-state index is 0.549. The van der Waals surface area contributed by atoms with Crippen LogP contribution in [0.15, 0.2) is 41.8 Å². The maximum Gasteiger partial charge on any atom is 0.212 e. The molecule has 0 spiro atoms. The van der Waals surface area contributed by atoms with E-state index in [4.69, 9.17) is 4.98 Å². The predicted molar refractivity (Wildman–Crippen MR) is 146 cm³/mol. The summed E-state index contributed by atoms with van der Waals surface area (Å²) in [5.41, 5.74) is 11.1. The molecule has 1 saturated heterocycles. The van der Waals surface area contributed by atoms with Crippen LogP contribution >= 0.6 is 11.3 Å². The summed E-state index contributed by atoms with van der Waals surface area (Å²) in [7, 11) is 0. The summed E-state index contributed by atoms with van der Waals surface area (Å²) in [6.45, 7) is 9.85. The highest BCUT2D eigenvalue weighted by atomic mass is 32.1. The highest BCUT2D eigenvalue weighted by Gasteiger charge is 2.25. The fourth-order valence-electron chi connectivity index (χ4n) is 5.60. The van der Waals surface area contributed by atoms with Crippen LogP contribution in [0.3, 0.4) is 0 Å². The molecule has 0 radical (unpaired) electrons. The molecule has 3 aromatic rings. The first kappa shape index (κ1) is 22.7. The number of nitrogens with zero attached hydrogens (tertiary/aromatic N) is 4. The molecule has 1 aromatic carbocycles. The number of fused-ring (bicyclic) bond motifs is 2. The average Bonchev–Trinajstić information content (AvgIpc) is 3.65. The molecule has 1 atom stereocenters. The zero-order valence-electron chi connectivity index (χ0n) is 21.1. The summed E-state index contributed by atoms with van der Waals surface area (Å²) >= 11 is 1.70. The van der Waals surface area contributed by atoms with Gasteiger partial charge in [-0.15, -0.1) is 0 Å². The number of aromatic nitrogens is 3. The molecule has 0 unspecified atom stereocenters. The van der Waals surface area contributed by atoms with E-state index in [1.165, 1.54) is 64.9 Å². The molecule has 2 aliphatic carbocycles. The van der Waals surface area contributed by atoms with Gasteiger partial charge in [0.05, 0.1) is 11.9 Å². The van der Waals surface area contributed by atoms with Gasteiger partial charge in [0.15, 0.2) is 0 Å². The van der Waals surface area contributed by atoms with Gasteiger partial charge in [0.2, 0.25) is 4.96 Å². The van der Waals surface area contributed by atoms with E-state index in [0.717, 1.165) is 48.0 Å². The third-order valence-corrected chi connectivity index (χ3v) is 8.81. The van der Waals surface area contributed by atoms with Crippen molar-refractivity contribution >= 4 is 27.9 Å². The predicted octanol–water partition coefficient (Wildman–Crippen LogP) is 5.80. The van der Waals surface area contributed by atoms with Crippen molar-refractivity contribution in [1.29, 1.82) is 0 Å². The number of imidazole rings is 1. The lowest BCUT2D eigenvalue weighted by Gasteiger charge is -2.24. The molecule has 6 rings (SSSR count). The van der Waals surface area contributed by atoms with Crippen molar-refractivity contribution in [3.8, 4) is 0 Å². The average molecular weight is 486 g/mol. The molecule has 1 aliphatic heterocycles. The van der Waals surface area contributed by atoms with Crippen molar-refractivity contribution in [2.24, 2.45) is 0 Å². The summed E-state index contributed by atoms with van der Waals surface area (Å²) in [6, 6.07) is 5.36. The molecule has 3 heterocycles. The quantitative estimate of drug-likeness (QED) is 0.459. The molecule has 182 valence electrons. The van der Waals surface area contributed by atoms with Gasteiger partial charge in [0.1, 0.15) is 5.01 Å². The SMILES string of the molecule is CCc1cc(CN[C@@H]2CCN(C3=CC=C(C)CC3)C2)c2c(c1)CC(c1cn3nc(CC)sc3n1)=C2. The molecule has 0 amide bonds. The third-order valence-electron chi connectivity index (χ3n) is 7.75. The van der Waals surface area contributed by atoms with E-state index in [9.17, 15) is 0 Å². The van der Waals surface area contributed by atoms with E-state index in [2.05, 4.69) is 72.6 Å². The third kappa shape index (κ3) is 4.50. The second-order valence-corrected chi connectivity index (χ2v) is 11.3. The van der Waals surface area contributed by atoms with Crippen LogP contribution in [0, 0.1) is 0 Å². The fourth-order valence-corrected chi connectivity index (χ4v) is 6.42. The zero-order chi connectivity index (χ0) is 23.9. The molecule has 1 N–H and O–H groups in total. The molecule has 35 heavy (non-hydrogen) atoms. The van der Waals surface area contributed by atoms with Crippen molar-refractivity contribution < 1.29 is 0 Å². The Morgan fingerprint density at radius 1 is 1.14 bits per heavy atom. The highest BCUT2D eigenvalue weighted by molar-refractivity contribution is 7.16. The van der Waals surface area contributed by atoms with Crippen molar-refractivity contribution in [2.75, 3.05) is 13.1 Å². The second kappa shape index (κ2) is 9.40. The van der Waals surface area contributed by atoms with E-state index in [0.29, 0.717) is 6.04 Å². The van der Waals surface area contributed by atoms with Crippen LogP contribution in [0.1, 0.15) is 73.0 Å². The van der Waals surface area contributed by atoms with Crippen LogP contribution in [0.25, 0.3) is 16.6 Å². The first-order valence-corrected chi connectivity index (χ1v) is 14.0. The van der Waals surface area contributed by atoms with Gasteiger partial charge >= 0.3 is 0 Å². The lowest BCUT2D eigenvalue weighted by molar-refractivity contribution is 0.389. The largest absolute Gasteiger partial charge is 0.373 e. The lowest BCUT2D eigenvalue weighted by Crippen LogP contribution is -2.32. The molecule has 0 bridgehead atoms. The Balaban J connectivity index is 1.18. The Morgan fingerprint density at radius 2 is 2.06 bits per heavy atom. The first-order valence-electron chi connectivity index (χ1n) is 13.1. The maximum atomic E-state index is 4.91. The van der Waals surface area contributed by atoms with Gasteiger partial charge in [-0.1, -0.05) is 49.0 Å². The van der Waals surface area contributed by atoms with Crippen molar-refractivity contribution in [1.82, 2.24) is 24.8 Å². The van der Waals surface area contributed by atoms with Gasteiger partial charge in [-0.2, -0.15) is 5.10 Å². The molecule has 5 nitrogen and oxygen atoms in total. The molecule has 0 saturated carbocycles. The Hall–Kier alpha value is -2.70.